The fourth-order valence-corrected chi connectivity index (χ4v) is 3.44. The molecule has 2 N–H and O–H groups in total. The molecule has 25 heavy (non-hydrogen) atoms. The Labute approximate surface area is 148 Å². The van der Waals surface area contributed by atoms with Crippen molar-refractivity contribution in [2.45, 2.75) is 52.1 Å². The molecule has 1 fully saturated rings. The third-order valence-corrected chi connectivity index (χ3v) is 4.62. The van der Waals surface area contributed by atoms with Gasteiger partial charge in [0.2, 0.25) is 5.91 Å². The second-order valence-corrected chi connectivity index (χ2v) is 6.77. The van der Waals surface area contributed by atoms with Crippen LogP contribution in [0.15, 0.2) is 24.5 Å². The minimum atomic E-state index is -0.266. The fourth-order valence-electron chi connectivity index (χ4n) is 3.44. The molecular weight excluding hydrogens is 314 g/mol. The van der Waals surface area contributed by atoms with E-state index in [4.69, 9.17) is 10.7 Å². The summed E-state index contributed by atoms with van der Waals surface area (Å²) in [6.45, 7) is 5.78. The average molecular weight is 339 g/mol. The number of likely N-dealkylation sites (tertiary alicyclic amines) is 1. The van der Waals surface area contributed by atoms with Gasteiger partial charge in [0.1, 0.15) is 5.82 Å². The zero-order valence-corrected chi connectivity index (χ0v) is 14.9. The number of nitrogens with zero attached hydrogens (tertiary/aromatic N) is 4. The zero-order chi connectivity index (χ0) is 17.8. The summed E-state index contributed by atoms with van der Waals surface area (Å²) in [5.74, 6) is 0.527. The van der Waals surface area contributed by atoms with E-state index in [0.717, 1.165) is 54.3 Å². The molecule has 0 radical (unpaired) electrons. The van der Waals surface area contributed by atoms with Gasteiger partial charge in [-0.15, -0.1) is 0 Å². The van der Waals surface area contributed by atoms with Gasteiger partial charge in [0.05, 0.1) is 11.7 Å². The standard InChI is InChI=1S/C19H25N5O/c1-13-8-15(5-6-19(20)25)9-17(23-13)18-4-3-7-24(18)12-16-10-21-14(2)22-11-16/h8-11,18H,3-7,12H2,1-2H3,(H2,20,25)/t18-/m1/s1. The first-order valence-electron chi connectivity index (χ1n) is 8.78. The van der Waals surface area contributed by atoms with E-state index >= 15 is 0 Å². The number of hydrogen-bond donors (Lipinski definition) is 1. The van der Waals surface area contributed by atoms with Crippen LogP contribution in [0, 0.1) is 13.8 Å². The molecule has 1 atom stereocenters. The minimum absolute atomic E-state index is 0.266. The van der Waals surface area contributed by atoms with Crippen LogP contribution in [-0.4, -0.2) is 32.3 Å². The quantitative estimate of drug-likeness (QED) is 0.872. The van der Waals surface area contributed by atoms with Crippen LogP contribution in [0.2, 0.25) is 0 Å². The van der Waals surface area contributed by atoms with Gasteiger partial charge < -0.3 is 5.73 Å². The Balaban J connectivity index is 1.77. The Hall–Kier alpha value is -2.34. The molecule has 0 spiro atoms. The molecule has 1 aliphatic rings. The highest BCUT2D eigenvalue weighted by atomic mass is 16.1. The van der Waals surface area contributed by atoms with Crippen LogP contribution in [0.25, 0.3) is 0 Å². The molecule has 3 heterocycles. The molecule has 3 rings (SSSR count). The van der Waals surface area contributed by atoms with Crippen molar-refractivity contribution in [1.82, 2.24) is 19.9 Å². The van der Waals surface area contributed by atoms with Crippen molar-refractivity contribution in [1.29, 1.82) is 0 Å². The highest BCUT2D eigenvalue weighted by Gasteiger charge is 2.27. The van der Waals surface area contributed by atoms with Crippen molar-refractivity contribution in [2.75, 3.05) is 6.54 Å². The number of hydrogen-bond acceptors (Lipinski definition) is 5. The van der Waals surface area contributed by atoms with Crippen LogP contribution >= 0.6 is 0 Å². The molecule has 6 nitrogen and oxygen atoms in total. The topological polar surface area (TPSA) is 85.0 Å². The number of aromatic nitrogens is 3. The van der Waals surface area contributed by atoms with Gasteiger partial charge >= 0.3 is 0 Å². The number of amides is 1. The molecule has 0 aliphatic carbocycles. The van der Waals surface area contributed by atoms with Crippen molar-refractivity contribution < 1.29 is 4.79 Å². The van der Waals surface area contributed by atoms with Crippen LogP contribution < -0.4 is 5.73 Å². The number of rotatable bonds is 6. The predicted octanol–water partition coefficient (Wildman–Crippen LogP) is 2.24. The Bertz CT molecular complexity index is 744. The lowest BCUT2D eigenvalue weighted by molar-refractivity contribution is -0.117. The molecule has 0 saturated carbocycles. The van der Waals surface area contributed by atoms with Crippen LogP contribution in [0.5, 0.6) is 0 Å². The molecule has 2 aromatic heterocycles. The molecule has 1 aliphatic heterocycles. The van der Waals surface area contributed by atoms with Crippen molar-refractivity contribution in [3.05, 3.63) is 52.9 Å². The van der Waals surface area contributed by atoms with Gasteiger partial charge in [0.15, 0.2) is 0 Å². The number of carbonyl (C=O) groups is 1. The second kappa shape index (κ2) is 7.70. The summed E-state index contributed by atoms with van der Waals surface area (Å²) in [5, 5.41) is 0. The van der Waals surface area contributed by atoms with Crippen LogP contribution in [-0.2, 0) is 17.8 Å². The molecular formula is C19H25N5O. The van der Waals surface area contributed by atoms with Gasteiger partial charge in [-0.1, -0.05) is 0 Å². The Morgan fingerprint density at radius 2 is 2.00 bits per heavy atom. The fraction of sp³-hybridized carbons (Fsp3) is 0.474. The van der Waals surface area contributed by atoms with Gasteiger partial charge in [0.25, 0.3) is 0 Å². The largest absolute Gasteiger partial charge is 0.370 e. The molecule has 2 aromatic rings. The molecule has 6 heteroatoms. The first-order chi connectivity index (χ1) is 12.0. The highest BCUT2D eigenvalue weighted by molar-refractivity contribution is 5.74. The van der Waals surface area contributed by atoms with Crippen molar-refractivity contribution in [3.63, 3.8) is 0 Å². The third kappa shape index (κ3) is 4.60. The lowest BCUT2D eigenvalue weighted by atomic mass is 10.0. The van der Waals surface area contributed by atoms with E-state index in [0.29, 0.717) is 18.9 Å². The number of nitrogens with two attached hydrogens (primary N) is 1. The van der Waals surface area contributed by atoms with Crippen LogP contribution in [0.4, 0.5) is 0 Å². The van der Waals surface area contributed by atoms with E-state index in [1.807, 2.05) is 32.3 Å². The van der Waals surface area contributed by atoms with E-state index in [9.17, 15) is 4.79 Å². The number of primary amides is 1. The number of carbonyl (C=O) groups excluding carboxylic acids is 1. The summed E-state index contributed by atoms with van der Waals surface area (Å²) in [7, 11) is 0. The second-order valence-electron chi connectivity index (χ2n) is 6.77. The highest BCUT2D eigenvalue weighted by Crippen LogP contribution is 2.32. The van der Waals surface area contributed by atoms with Crippen molar-refractivity contribution in [2.24, 2.45) is 5.73 Å². The minimum Gasteiger partial charge on any atom is -0.370 e. The first-order valence-corrected chi connectivity index (χ1v) is 8.78. The molecule has 1 saturated heterocycles. The normalized spacial score (nSPS) is 17.8. The van der Waals surface area contributed by atoms with Gasteiger partial charge in [0, 0.05) is 36.6 Å². The third-order valence-electron chi connectivity index (χ3n) is 4.62. The van der Waals surface area contributed by atoms with E-state index < -0.39 is 0 Å². The molecule has 0 bridgehead atoms. The Kier molecular flexibility index (Phi) is 5.38. The van der Waals surface area contributed by atoms with E-state index in [1.165, 1.54) is 0 Å². The lowest BCUT2D eigenvalue weighted by Gasteiger charge is -2.24. The van der Waals surface area contributed by atoms with Gasteiger partial charge in [-0.25, -0.2) is 9.97 Å². The summed E-state index contributed by atoms with van der Waals surface area (Å²) >= 11 is 0. The van der Waals surface area contributed by atoms with Gasteiger partial charge in [-0.05, 0) is 57.4 Å². The maximum absolute atomic E-state index is 11.1. The summed E-state index contributed by atoms with van der Waals surface area (Å²) in [6.07, 6.45) is 7.10. The number of aryl methyl sites for hydroxylation is 3. The summed E-state index contributed by atoms with van der Waals surface area (Å²) in [6, 6.07) is 4.47. The number of pyridine rings is 1. The van der Waals surface area contributed by atoms with Crippen molar-refractivity contribution in [3.8, 4) is 0 Å². The lowest BCUT2D eigenvalue weighted by Crippen LogP contribution is -2.24. The first kappa shape index (κ1) is 17.5. The smallest absolute Gasteiger partial charge is 0.217 e. The van der Waals surface area contributed by atoms with Gasteiger partial charge in [-0.2, -0.15) is 0 Å². The summed E-state index contributed by atoms with van der Waals surface area (Å²) in [4.78, 5) is 26.8. The zero-order valence-electron chi connectivity index (χ0n) is 14.9. The molecule has 132 valence electrons. The Morgan fingerprint density at radius 3 is 2.72 bits per heavy atom. The SMILES string of the molecule is Cc1cc(CCC(N)=O)cc([C@H]2CCCN2Cc2cnc(C)nc2)n1. The molecule has 1 amide bonds. The maximum atomic E-state index is 11.1. The van der Waals surface area contributed by atoms with E-state index in [-0.39, 0.29) is 5.91 Å². The van der Waals surface area contributed by atoms with E-state index in [1.54, 1.807) is 0 Å². The summed E-state index contributed by atoms with van der Waals surface area (Å²) in [5.41, 5.74) is 9.61. The van der Waals surface area contributed by atoms with Crippen molar-refractivity contribution >= 4 is 5.91 Å². The van der Waals surface area contributed by atoms with E-state index in [2.05, 4.69) is 20.9 Å². The maximum Gasteiger partial charge on any atom is 0.217 e. The average Bonchev–Trinajstić information content (AvgIpc) is 3.03. The van der Waals surface area contributed by atoms with Crippen LogP contribution in [0.1, 0.15) is 53.6 Å². The monoisotopic (exact) mass is 339 g/mol. The Morgan fingerprint density at radius 1 is 1.24 bits per heavy atom. The van der Waals surface area contributed by atoms with Crippen LogP contribution in [0.3, 0.4) is 0 Å². The molecule has 0 unspecified atom stereocenters. The summed E-state index contributed by atoms with van der Waals surface area (Å²) < 4.78 is 0. The predicted molar refractivity (Wildman–Crippen MR) is 95.6 cm³/mol. The molecule has 0 aromatic carbocycles. The van der Waals surface area contributed by atoms with Gasteiger partial charge in [-0.3, -0.25) is 14.7 Å².